The second-order valence-electron chi connectivity index (χ2n) is 7.77. The summed E-state index contributed by atoms with van der Waals surface area (Å²) in [6, 6.07) is 10.8. The lowest BCUT2D eigenvalue weighted by Gasteiger charge is -2.31. The molecule has 1 heteroatoms. The first-order valence-corrected chi connectivity index (χ1v) is 8.75. The molecule has 0 N–H and O–H groups in total. The van der Waals surface area contributed by atoms with Gasteiger partial charge in [-0.15, -0.1) is 0 Å². The predicted octanol–water partition coefficient (Wildman–Crippen LogP) is 6.29. The fourth-order valence-corrected chi connectivity index (χ4v) is 3.26. The molecule has 1 aliphatic carbocycles. The van der Waals surface area contributed by atoms with Gasteiger partial charge in [0.2, 0.25) is 0 Å². The van der Waals surface area contributed by atoms with Crippen LogP contribution in [0.2, 0.25) is 0 Å². The third kappa shape index (κ3) is 6.22. The maximum atomic E-state index is 6.59. The maximum Gasteiger partial charge on any atom is 0.0833 e. The van der Waals surface area contributed by atoms with Crippen molar-refractivity contribution in [3.05, 3.63) is 35.9 Å². The van der Waals surface area contributed by atoms with Gasteiger partial charge in [0.05, 0.1) is 12.2 Å². The number of benzene rings is 1. The Morgan fingerprint density at radius 2 is 1.52 bits per heavy atom. The summed E-state index contributed by atoms with van der Waals surface area (Å²) < 4.78 is 6.59. The van der Waals surface area contributed by atoms with Crippen molar-refractivity contribution >= 4 is 0 Å². The van der Waals surface area contributed by atoms with Crippen LogP contribution in [0.25, 0.3) is 0 Å². The zero-order valence-electron chi connectivity index (χ0n) is 14.1. The molecule has 0 bridgehead atoms. The van der Waals surface area contributed by atoms with Gasteiger partial charge in [-0.05, 0) is 30.2 Å². The highest BCUT2D eigenvalue weighted by molar-refractivity contribution is 5.18. The summed E-state index contributed by atoms with van der Waals surface area (Å²) >= 11 is 0. The van der Waals surface area contributed by atoms with Crippen molar-refractivity contribution in [3.8, 4) is 0 Å². The first kappa shape index (κ1) is 16.5. The Bertz CT molecular complexity index is 382. The first-order chi connectivity index (χ1) is 10.0. The molecule has 1 aromatic rings. The van der Waals surface area contributed by atoms with Gasteiger partial charge in [-0.1, -0.05) is 83.2 Å². The maximum absolute atomic E-state index is 6.59. The molecular weight excluding hydrogens is 256 g/mol. The molecule has 0 unspecified atom stereocenters. The molecule has 0 aromatic heterocycles. The van der Waals surface area contributed by atoms with Crippen LogP contribution >= 0.6 is 0 Å². The molecule has 1 nitrogen and oxygen atoms in total. The lowest BCUT2D eigenvalue weighted by molar-refractivity contribution is -0.0435. The van der Waals surface area contributed by atoms with E-state index in [9.17, 15) is 0 Å². The Morgan fingerprint density at radius 1 is 0.952 bits per heavy atom. The number of ether oxygens (including phenoxy) is 1. The van der Waals surface area contributed by atoms with Crippen molar-refractivity contribution in [2.45, 2.75) is 84.3 Å². The van der Waals surface area contributed by atoms with Gasteiger partial charge in [0.15, 0.2) is 0 Å². The molecule has 2 rings (SSSR count). The molecular formula is C20H32O. The van der Waals surface area contributed by atoms with E-state index in [2.05, 4.69) is 51.1 Å². The number of hydrogen-bond acceptors (Lipinski definition) is 1. The third-order valence-electron chi connectivity index (χ3n) is 4.38. The standard InChI is InChI=1S/C20H32O/c1-20(2,3)16-19(17-12-8-7-9-13-17)21-18-14-10-5-4-6-11-15-18/h7-9,12-13,18-19H,4-6,10-11,14-16H2,1-3H3/t19-/m0/s1. The minimum atomic E-state index is 0.246. The number of hydrogen-bond donors (Lipinski definition) is 0. The van der Waals surface area contributed by atoms with Crippen molar-refractivity contribution in [1.82, 2.24) is 0 Å². The molecule has 0 radical (unpaired) electrons. The quantitative estimate of drug-likeness (QED) is 0.632. The molecule has 1 fully saturated rings. The largest absolute Gasteiger partial charge is 0.370 e. The average Bonchev–Trinajstić information content (AvgIpc) is 2.40. The van der Waals surface area contributed by atoms with E-state index in [1.165, 1.54) is 50.5 Å². The normalized spacial score (nSPS) is 19.8. The van der Waals surface area contributed by atoms with Crippen molar-refractivity contribution in [2.75, 3.05) is 0 Å². The summed E-state index contributed by atoms with van der Waals surface area (Å²) in [5.41, 5.74) is 1.64. The average molecular weight is 288 g/mol. The van der Waals surface area contributed by atoms with E-state index >= 15 is 0 Å². The van der Waals surface area contributed by atoms with Crippen LogP contribution in [0.4, 0.5) is 0 Å². The van der Waals surface area contributed by atoms with Gasteiger partial charge in [0.25, 0.3) is 0 Å². The van der Waals surface area contributed by atoms with Gasteiger partial charge in [-0.3, -0.25) is 0 Å². The lowest BCUT2D eigenvalue weighted by atomic mass is 9.86. The van der Waals surface area contributed by atoms with Gasteiger partial charge >= 0.3 is 0 Å². The lowest BCUT2D eigenvalue weighted by Crippen LogP contribution is -2.22. The molecule has 1 aliphatic rings. The molecule has 0 aliphatic heterocycles. The van der Waals surface area contributed by atoms with Crippen LogP contribution in [0.5, 0.6) is 0 Å². The zero-order chi connectivity index (χ0) is 15.1. The van der Waals surface area contributed by atoms with Crippen LogP contribution in [0.1, 0.15) is 83.8 Å². The minimum Gasteiger partial charge on any atom is -0.370 e. The van der Waals surface area contributed by atoms with Gasteiger partial charge in [-0.25, -0.2) is 0 Å². The van der Waals surface area contributed by atoms with Crippen LogP contribution in [0, 0.1) is 5.41 Å². The fourth-order valence-electron chi connectivity index (χ4n) is 3.26. The van der Waals surface area contributed by atoms with Gasteiger partial charge in [0.1, 0.15) is 0 Å². The van der Waals surface area contributed by atoms with Crippen LogP contribution < -0.4 is 0 Å². The second-order valence-corrected chi connectivity index (χ2v) is 7.77. The smallest absolute Gasteiger partial charge is 0.0833 e. The molecule has 0 saturated heterocycles. The molecule has 0 amide bonds. The Labute approximate surface area is 131 Å². The van der Waals surface area contributed by atoms with E-state index in [0.717, 1.165) is 6.42 Å². The highest BCUT2D eigenvalue weighted by Gasteiger charge is 2.24. The molecule has 1 saturated carbocycles. The van der Waals surface area contributed by atoms with E-state index < -0.39 is 0 Å². The van der Waals surface area contributed by atoms with Crippen molar-refractivity contribution in [3.63, 3.8) is 0 Å². The predicted molar refractivity (Wildman–Crippen MR) is 90.4 cm³/mol. The summed E-state index contributed by atoms with van der Waals surface area (Å²) in [6.45, 7) is 6.93. The van der Waals surface area contributed by atoms with Gasteiger partial charge < -0.3 is 4.74 Å². The highest BCUT2D eigenvalue weighted by atomic mass is 16.5. The summed E-state index contributed by atoms with van der Waals surface area (Å²) in [7, 11) is 0. The first-order valence-electron chi connectivity index (χ1n) is 8.75. The molecule has 0 heterocycles. The topological polar surface area (TPSA) is 9.23 Å². The van der Waals surface area contributed by atoms with E-state index in [0.29, 0.717) is 11.5 Å². The summed E-state index contributed by atoms with van der Waals surface area (Å²) in [5, 5.41) is 0. The van der Waals surface area contributed by atoms with Crippen molar-refractivity contribution < 1.29 is 4.74 Å². The van der Waals surface area contributed by atoms with Gasteiger partial charge in [-0.2, -0.15) is 0 Å². The van der Waals surface area contributed by atoms with E-state index in [4.69, 9.17) is 4.74 Å². The van der Waals surface area contributed by atoms with Crippen LogP contribution in [-0.4, -0.2) is 6.10 Å². The van der Waals surface area contributed by atoms with E-state index in [1.54, 1.807) is 0 Å². The Morgan fingerprint density at radius 3 is 2.10 bits per heavy atom. The highest BCUT2D eigenvalue weighted by Crippen LogP contribution is 2.34. The van der Waals surface area contributed by atoms with Crippen LogP contribution in [0.3, 0.4) is 0 Å². The molecule has 21 heavy (non-hydrogen) atoms. The summed E-state index contributed by atoms with van der Waals surface area (Å²) in [4.78, 5) is 0. The minimum absolute atomic E-state index is 0.246. The van der Waals surface area contributed by atoms with E-state index in [1.807, 2.05) is 0 Å². The zero-order valence-corrected chi connectivity index (χ0v) is 14.1. The van der Waals surface area contributed by atoms with Gasteiger partial charge in [0, 0.05) is 0 Å². The molecule has 118 valence electrons. The third-order valence-corrected chi connectivity index (χ3v) is 4.38. The Hall–Kier alpha value is -0.820. The molecule has 0 spiro atoms. The fraction of sp³-hybridized carbons (Fsp3) is 0.700. The van der Waals surface area contributed by atoms with Crippen LogP contribution in [0.15, 0.2) is 30.3 Å². The van der Waals surface area contributed by atoms with Crippen LogP contribution in [-0.2, 0) is 4.74 Å². The van der Waals surface area contributed by atoms with Crippen molar-refractivity contribution in [1.29, 1.82) is 0 Å². The Kier molecular flexibility index (Phi) is 6.29. The van der Waals surface area contributed by atoms with Crippen molar-refractivity contribution in [2.24, 2.45) is 5.41 Å². The monoisotopic (exact) mass is 288 g/mol. The SMILES string of the molecule is CC(C)(C)C[C@H](OC1CCCCCCC1)c1ccccc1. The molecule has 1 atom stereocenters. The summed E-state index contributed by atoms with van der Waals surface area (Å²) in [6.07, 6.45) is 11.1. The Balaban J connectivity index is 2.04. The summed E-state index contributed by atoms with van der Waals surface area (Å²) in [5.74, 6) is 0. The molecule has 1 aromatic carbocycles. The second kappa shape index (κ2) is 7.98. The number of rotatable bonds is 4. The van der Waals surface area contributed by atoms with E-state index in [-0.39, 0.29) is 6.10 Å².